The molecule has 0 aromatic rings. The van der Waals surface area contributed by atoms with Crippen LogP contribution in [0.3, 0.4) is 0 Å². The highest BCUT2D eigenvalue weighted by atomic mass is 31.1. The van der Waals surface area contributed by atoms with Crippen LogP contribution < -0.4 is 4.89 Å². The molecule has 0 heterocycles. The highest BCUT2D eigenvalue weighted by Crippen LogP contribution is 2.44. The van der Waals surface area contributed by atoms with Crippen molar-refractivity contribution < 1.29 is 13.9 Å². The first-order valence-corrected chi connectivity index (χ1v) is 13.1. The van der Waals surface area contributed by atoms with Gasteiger partial charge in [-0.1, -0.05) is 88.4 Å². The summed E-state index contributed by atoms with van der Waals surface area (Å²) in [5, 5.41) is -0.610. The van der Waals surface area contributed by atoms with Gasteiger partial charge in [-0.25, -0.2) is 0 Å². The van der Waals surface area contributed by atoms with Crippen molar-refractivity contribution in [2.24, 2.45) is 0 Å². The van der Waals surface area contributed by atoms with Gasteiger partial charge >= 0.3 is 8.03 Å². The summed E-state index contributed by atoms with van der Waals surface area (Å²) in [6, 6.07) is 0. The van der Waals surface area contributed by atoms with E-state index in [9.17, 15) is 9.46 Å². The molecular formula is C24H49NO2P+. The molecular weight excluding hydrogens is 365 g/mol. The predicted octanol–water partition coefficient (Wildman–Crippen LogP) is 7.33. The Morgan fingerprint density at radius 3 is 1.57 bits per heavy atom. The van der Waals surface area contributed by atoms with Crippen LogP contribution in [0.4, 0.5) is 0 Å². The second-order valence-electron chi connectivity index (χ2n) is 9.29. The van der Waals surface area contributed by atoms with Gasteiger partial charge in [-0.15, -0.1) is 0 Å². The first kappa shape index (κ1) is 27.8. The molecule has 0 aromatic carbocycles. The standard InChI is InChI=1S/C24H49NO2P/c1-6-8-9-10-11-12-13-14-15-16-17-18-19-20-21-22-23-24(7-2,28(26)27)25(3,4)5/h17-18H,6-16,19-23H2,1-5H3/q+1/b18-17-. The van der Waals surface area contributed by atoms with Crippen LogP contribution in [0.5, 0.6) is 0 Å². The van der Waals surface area contributed by atoms with E-state index >= 15 is 0 Å². The van der Waals surface area contributed by atoms with Crippen molar-refractivity contribution in [3.8, 4) is 0 Å². The third kappa shape index (κ3) is 11.7. The molecule has 0 N–H and O–H groups in total. The summed E-state index contributed by atoms with van der Waals surface area (Å²) in [5.74, 6) is 0. The van der Waals surface area contributed by atoms with Crippen molar-refractivity contribution in [2.75, 3.05) is 21.1 Å². The van der Waals surface area contributed by atoms with Crippen molar-refractivity contribution in [1.29, 1.82) is 0 Å². The molecule has 0 rings (SSSR count). The monoisotopic (exact) mass is 414 g/mol. The minimum Gasteiger partial charge on any atom is -0.590 e. The lowest BCUT2D eigenvalue weighted by Gasteiger charge is -2.39. The van der Waals surface area contributed by atoms with Crippen LogP contribution in [0.2, 0.25) is 0 Å². The molecule has 0 radical (unpaired) electrons. The zero-order valence-corrected chi connectivity index (χ0v) is 20.6. The molecule has 0 saturated carbocycles. The Hall–Kier alpha value is -0.240. The molecule has 0 amide bonds. The van der Waals surface area contributed by atoms with Gasteiger partial charge < -0.3 is 4.89 Å². The smallest absolute Gasteiger partial charge is 0.376 e. The maximum atomic E-state index is 11.9. The summed E-state index contributed by atoms with van der Waals surface area (Å²) in [7, 11) is 3.59. The third-order valence-corrected chi connectivity index (χ3v) is 8.06. The fourth-order valence-electron chi connectivity index (χ4n) is 4.11. The van der Waals surface area contributed by atoms with E-state index in [2.05, 4.69) is 19.1 Å². The fourth-order valence-corrected chi connectivity index (χ4v) is 5.20. The Morgan fingerprint density at radius 2 is 1.18 bits per heavy atom. The van der Waals surface area contributed by atoms with E-state index in [0.717, 1.165) is 25.7 Å². The Balaban J connectivity index is 3.69. The van der Waals surface area contributed by atoms with Crippen LogP contribution in [0.25, 0.3) is 0 Å². The van der Waals surface area contributed by atoms with Crippen molar-refractivity contribution in [2.45, 2.75) is 122 Å². The number of rotatable bonds is 19. The highest BCUT2D eigenvalue weighted by Gasteiger charge is 2.52. The molecule has 0 aliphatic heterocycles. The topological polar surface area (TPSA) is 40.1 Å². The zero-order valence-electron chi connectivity index (χ0n) is 19.7. The summed E-state index contributed by atoms with van der Waals surface area (Å²) in [6.45, 7) is 4.28. The summed E-state index contributed by atoms with van der Waals surface area (Å²) in [6.07, 6.45) is 24.3. The van der Waals surface area contributed by atoms with Crippen LogP contribution in [0.15, 0.2) is 12.2 Å². The van der Waals surface area contributed by atoms with Gasteiger partial charge in [0.1, 0.15) is 0 Å². The van der Waals surface area contributed by atoms with E-state index in [0.29, 0.717) is 10.9 Å². The number of unbranched alkanes of at least 4 members (excludes halogenated alkanes) is 12. The Labute approximate surface area is 177 Å². The first-order valence-electron chi connectivity index (χ1n) is 11.9. The number of nitrogens with zero attached hydrogens (tertiary/aromatic N) is 1. The molecule has 166 valence electrons. The fraction of sp³-hybridized carbons (Fsp3) is 0.917. The van der Waals surface area contributed by atoms with Gasteiger partial charge in [0, 0.05) is 12.8 Å². The largest absolute Gasteiger partial charge is 0.590 e. The van der Waals surface area contributed by atoms with Crippen molar-refractivity contribution in [1.82, 2.24) is 0 Å². The van der Waals surface area contributed by atoms with Gasteiger partial charge in [-0.2, -0.15) is 0 Å². The van der Waals surface area contributed by atoms with Crippen LogP contribution >= 0.6 is 8.03 Å². The quantitative estimate of drug-likeness (QED) is 0.0960. The van der Waals surface area contributed by atoms with Gasteiger partial charge in [-0.3, -0.25) is 4.48 Å². The lowest BCUT2D eigenvalue weighted by atomic mass is 10.0. The average molecular weight is 415 g/mol. The van der Waals surface area contributed by atoms with Crippen molar-refractivity contribution >= 4 is 8.03 Å². The summed E-state index contributed by atoms with van der Waals surface area (Å²) >= 11 is 0. The van der Waals surface area contributed by atoms with Gasteiger partial charge in [0.25, 0.3) is 5.28 Å². The molecule has 2 atom stereocenters. The molecule has 28 heavy (non-hydrogen) atoms. The van der Waals surface area contributed by atoms with Crippen LogP contribution in [-0.2, 0) is 4.57 Å². The Bertz CT molecular complexity index is 417. The minimum atomic E-state index is -2.42. The van der Waals surface area contributed by atoms with E-state index in [4.69, 9.17) is 0 Å². The summed E-state index contributed by atoms with van der Waals surface area (Å²) in [4.78, 5) is 11.9. The molecule has 0 aliphatic carbocycles. The zero-order chi connectivity index (χ0) is 21.3. The Kier molecular flexibility index (Phi) is 16.4. The summed E-state index contributed by atoms with van der Waals surface area (Å²) in [5.41, 5.74) is 0. The molecule has 3 nitrogen and oxygen atoms in total. The van der Waals surface area contributed by atoms with Crippen molar-refractivity contribution in [3.05, 3.63) is 12.2 Å². The maximum absolute atomic E-state index is 11.9. The molecule has 0 aromatic heterocycles. The van der Waals surface area contributed by atoms with Crippen LogP contribution in [0, 0.1) is 0 Å². The Morgan fingerprint density at radius 1 is 0.750 bits per heavy atom. The molecule has 4 heteroatoms. The normalized spacial score (nSPS) is 15.1. The van der Waals surface area contributed by atoms with E-state index in [1.807, 2.05) is 28.1 Å². The van der Waals surface area contributed by atoms with Crippen LogP contribution in [0.1, 0.15) is 117 Å². The third-order valence-electron chi connectivity index (χ3n) is 6.24. The van der Waals surface area contributed by atoms with Crippen molar-refractivity contribution in [3.63, 3.8) is 0 Å². The lowest BCUT2D eigenvalue weighted by molar-refractivity contribution is -0.910. The molecule has 0 spiro atoms. The minimum absolute atomic E-state index is 0.501. The molecule has 2 unspecified atom stereocenters. The average Bonchev–Trinajstić information content (AvgIpc) is 2.63. The van der Waals surface area contributed by atoms with E-state index < -0.39 is 13.3 Å². The molecule has 0 bridgehead atoms. The second-order valence-corrected chi connectivity index (χ2v) is 10.6. The van der Waals surface area contributed by atoms with Gasteiger partial charge in [0.05, 0.1) is 21.1 Å². The first-order chi connectivity index (χ1) is 13.3. The van der Waals surface area contributed by atoms with E-state index in [1.165, 1.54) is 70.6 Å². The number of allylic oxidation sites excluding steroid dienone is 2. The van der Waals surface area contributed by atoms with E-state index in [-0.39, 0.29) is 0 Å². The SMILES string of the molecule is CCCCCCCCCCC/C=C\CCCCCC(CC)([P+](=O)[O-])[N+](C)(C)C. The number of quaternary nitrogens is 1. The number of hydrogen-bond acceptors (Lipinski definition) is 2. The van der Waals surface area contributed by atoms with Crippen LogP contribution in [-0.4, -0.2) is 30.9 Å². The highest BCUT2D eigenvalue weighted by molar-refractivity contribution is 7.38. The second kappa shape index (κ2) is 16.5. The predicted molar refractivity (Wildman–Crippen MR) is 123 cm³/mol. The molecule has 0 aliphatic rings. The van der Waals surface area contributed by atoms with E-state index in [1.54, 1.807) is 0 Å². The van der Waals surface area contributed by atoms with Gasteiger partial charge in [0.15, 0.2) is 0 Å². The van der Waals surface area contributed by atoms with Gasteiger partial charge in [0.2, 0.25) is 0 Å². The van der Waals surface area contributed by atoms with Gasteiger partial charge in [-0.05, 0) is 32.1 Å². The summed E-state index contributed by atoms with van der Waals surface area (Å²) < 4.78 is 12.4. The number of hydrogen-bond donors (Lipinski definition) is 0. The molecule has 0 fully saturated rings. The lowest BCUT2D eigenvalue weighted by Crippen LogP contribution is -2.55. The maximum Gasteiger partial charge on any atom is 0.376 e. The molecule has 0 saturated heterocycles.